The number of hydrogen-bond acceptors (Lipinski definition) is 4. The van der Waals surface area contributed by atoms with Gasteiger partial charge in [0.05, 0.1) is 13.2 Å². The summed E-state index contributed by atoms with van der Waals surface area (Å²) in [4.78, 5) is 11.2. The highest BCUT2D eigenvalue weighted by molar-refractivity contribution is 5.76. The van der Waals surface area contributed by atoms with Gasteiger partial charge in [0.2, 0.25) is 0 Å². The Kier molecular flexibility index (Phi) is 4.10. The van der Waals surface area contributed by atoms with Gasteiger partial charge in [0.15, 0.2) is 6.10 Å². The van der Waals surface area contributed by atoms with Gasteiger partial charge in [0.1, 0.15) is 0 Å². The van der Waals surface area contributed by atoms with Crippen molar-refractivity contribution in [3.8, 4) is 0 Å². The van der Waals surface area contributed by atoms with Crippen LogP contribution in [0.25, 0.3) is 0 Å². The lowest BCUT2D eigenvalue weighted by Gasteiger charge is -2.28. The zero-order chi connectivity index (χ0) is 10.6. The van der Waals surface area contributed by atoms with E-state index in [1.165, 1.54) is 7.11 Å². The zero-order valence-electron chi connectivity index (χ0n) is 8.47. The van der Waals surface area contributed by atoms with Crippen molar-refractivity contribution in [2.45, 2.75) is 25.6 Å². The van der Waals surface area contributed by atoms with E-state index in [0.717, 1.165) is 0 Å². The summed E-state index contributed by atoms with van der Waals surface area (Å²) in [6, 6.07) is 0. The van der Waals surface area contributed by atoms with Gasteiger partial charge in [0, 0.05) is 12.5 Å². The van der Waals surface area contributed by atoms with Crippen molar-refractivity contribution in [3.05, 3.63) is 12.2 Å². The Labute approximate surface area is 83.5 Å². The van der Waals surface area contributed by atoms with Crippen LogP contribution in [0.15, 0.2) is 12.2 Å². The maximum atomic E-state index is 11.2. The molecule has 1 heterocycles. The van der Waals surface area contributed by atoms with Gasteiger partial charge < -0.3 is 14.6 Å². The minimum Gasteiger partial charge on any atom is -0.467 e. The third kappa shape index (κ3) is 2.56. The fourth-order valence-corrected chi connectivity index (χ4v) is 1.47. The average Bonchev–Trinajstić information content (AvgIpc) is 2.20. The number of methoxy groups -OCH3 is 1. The first kappa shape index (κ1) is 11.2. The minimum absolute atomic E-state index is 0.0662. The van der Waals surface area contributed by atoms with E-state index in [2.05, 4.69) is 4.74 Å². The van der Waals surface area contributed by atoms with Crippen LogP contribution >= 0.6 is 0 Å². The van der Waals surface area contributed by atoms with E-state index in [1.54, 1.807) is 6.08 Å². The number of esters is 1. The molecule has 0 aliphatic carbocycles. The molecular formula is C10H16O4. The monoisotopic (exact) mass is 200 g/mol. The van der Waals surface area contributed by atoms with Gasteiger partial charge in [-0.2, -0.15) is 0 Å². The van der Waals surface area contributed by atoms with E-state index in [1.807, 2.05) is 13.0 Å². The summed E-state index contributed by atoms with van der Waals surface area (Å²) in [6.07, 6.45) is 3.44. The highest BCUT2D eigenvalue weighted by Gasteiger charge is 2.28. The van der Waals surface area contributed by atoms with Crippen LogP contribution in [-0.4, -0.2) is 37.0 Å². The normalized spacial score (nSPS) is 31.5. The molecule has 1 N–H and O–H groups in total. The first-order valence-electron chi connectivity index (χ1n) is 4.71. The van der Waals surface area contributed by atoms with Crippen LogP contribution in [0, 0.1) is 5.92 Å². The summed E-state index contributed by atoms with van der Waals surface area (Å²) in [6.45, 7) is 2.06. The first-order chi connectivity index (χ1) is 6.69. The average molecular weight is 200 g/mol. The lowest BCUT2D eigenvalue weighted by molar-refractivity contribution is -0.156. The number of carbonyl (C=O) groups is 1. The molecule has 14 heavy (non-hydrogen) atoms. The van der Waals surface area contributed by atoms with Crippen LogP contribution in [0.5, 0.6) is 0 Å². The molecule has 0 saturated carbocycles. The summed E-state index contributed by atoms with van der Waals surface area (Å²) in [7, 11) is 1.33. The van der Waals surface area contributed by atoms with E-state index in [-0.39, 0.29) is 18.6 Å². The second-order valence-corrected chi connectivity index (χ2v) is 3.37. The number of rotatable bonds is 3. The fraction of sp³-hybridized carbons (Fsp3) is 0.700. The van der Waals surface area contributed by atoms with Crippen molar-refractivity contribution in [2.24, 2.45) is 5.92 Å². The predicted molar refractivity (Wildman–Crippen MR) is 50.7 cm³/mol. The van der Waals surface area contributed by atoms with Crippen LogP contribution in [0.4, 0.5) is 0 Å². The summed E-state index contributed by atoms with van der Waals surface area (Å²) in [5.41, 5.74) is 0. The molecule has 1 rings (SSSR count). The molecule has 0 radical (unpaired) electrons. The third-order valence-corrected chi connectivity index (χ3v) is 2.34. The highest BCUT2D eigenvalue weighted by atomic mass is 16.6. The number of aliphatic hydroxyl groups excluding tert-OH is 1. The van der Waals surface area contributed by atoms with Crippen molar-refractivity contribution in [3.63, 3.8) is 0 Å². The molecule has 0 saturated heterocycles. The number of ether oxygens (including phenoxy) is 2. The van der Waals surface area contributed by atoms with E-state index in [4.69, 9.17) is 9.84 Å². The van der Waals surface area contributed by atoms with E-state index >= 15 is 0 Å². The Morgan fingerprint density at radius 2 is 2.29 bits per heavy atom. The Morgan fingerprint density at radius 1 is 1.57 bits per heavy atom. The molecule has 0 amide bonds. The molecule has 1 aliphatic heterocycles. The number of aliphatic hydroxyl groups is 1. The van der Waals surface area contributed by atoms with Crippen LogP contribution in [0.2, 0.25) is 0 Å². The molecule has 0 unspecified atom stereocenters. The van der Waals surface area contributed by atoms with Crippen molar-refractivity contribution < 1.29 is 19.4 Å². The molecule has 1 aliphatic rings. The topological polar surface area (TPSA) is 55.8 Å². The molecule has 0 aromatic heterocycles. The maximum Gasteiger partial charge on any atom is 0.339 e. The van der Waals surface area contributed by atoms with Crippen LogP contribution in [0.3, 0.4) is 0 Å². The lowest BCUT2D eigenvalue weighted by atomic mass is 9.98. The molecule has 0 bridgehead atoms. The highest BCUT2D eigenvalue weighted by Crippen LogP contribution is 2.21. The summed E-state index contributed by atoms with van der Waals surface area (Å²) < 4.78 is 10.0. The van der Waals surface area contributed by atoms with E-state index in [9.17, 15) is 4.79 Å². The molecule has 0 aromatic rings. The number of hydrogen-bond donors (Lipinski definition) is 1. The molecule has 4 nitrogen and oxygen atoms in total. The van der Waals surface area contributed by atoms with Crippen LogP contribution in [0.1, 0.15) is 13.3 Å². The van der Waals surface area contributed by atoms with Gasteiger partial charge in [-0.1, -0.05) is 13.0 Å². The predicted octanol–water partition coefficient (Wildman–Crippen LogP) is 0.501. The van der Waals surface area contributed by atoms with Gasteiger partial charge in [0.25, 0.3) is 0 Å². The van der Waals surface area contributed by atoms with E-state index < -0.39 is 12.1 Å². The first-order valence-corrected chi connectivity index (χ1v) is 4.71. The van der Waals surface area contributed by atoms with Gasteiger partial charge in [-0.05, 0) is 12.5 Å². The Hall–Kier alpha value is -0.870. The second-order valence-electron chi connectivity index (χ2n) is 3.37. The molecule has 0 fully saturated rings. The van der Waals surface area contributed by atoms with Gasteiger partial charge in [-0.25, -0.2) is 4.79 Å². The van der Waals surface area contributed by atoms with Crippen LogP contribution < -0.4 is 0 Å². The maximum absolute atomic E-state index is 11.2. The van der Waals surface area contributed by atoms with Crippen LogP contribution in [-0.2, 0) is 14.3 Å². The van der Waals surface area contributed by atoms with Crippen molar-refractivity contribution in [1.82, 2.24) is 0 Å². The molecule has 4 heteroatoms. The zero-order valence-corrected chi connectivity index (χ0v) is 8.47. The Bertz CT molecular complexity index is 224. The number of carbonyl (C=O) groups excluding carboxylic acids is 1. The quantitative estimate of drug-likeness (QED) is 0.532. The second kappa shape index (κ2) is 5.12. The Balaban J connectivity index is 2.59. The van der Waals surface area contributed by atoms with Crippen molar-refractivity contribution in [1.29, 1.82) is 0 Å². The van der Waals surface area contributed by atoms with Gasteiger partial charge in [-0.3, -0.25) is 0 Å². The third-order valence-electron chi connectivity index (χ3n) is 2.34. The molecule has 3 atom stereocenters. The Morgan fingerprint density at radius 3 is 2.86 bits per heavy atom. The fourth-order valence-electron chi connectivity index (χ4n) is 1.47. The largest absolute Gasteiger partial charge is 0.467 e. The molecule has 80 valence electrons. The van der Waals surface area contributed by atoms with Gasteiger partial charge in [-0.15, -0.1) is 0 Å². The summed E-state index contributed by atoms with van der Waals surface area (Å²) in [5, 5.41) is 8.80. The molecular weight excluding hydrogens is 184 g/mol. The SMILES string of the molecule is COC(=O)[C@@H]1C=C[C@H](C)[C@@H](CCO)O1. The van der Waals surface area contributed by atoms with Gasteiger partial charge >= 0.3 is 5.97 Å². The smallest absolute Gasteiger partial charge is 0.339 e. The minimum atomic E-state index is -0.618. The lowest BCUT2D eigenvalue weighted by Crippen LogP contribution is -2.35. The summed E-state index contributed by atoms with van der Waals surface area (Å²) in [5.74, 6) is -0.167. The standard InChI is InChI=1S/C10H16O4/c1-7-3-4-9(10(12)13-2)14-8(7)5-6-11/h3-4,7-9,11H,5-6H2,1-2H3/t7-,8+,9-/m0/s1. The van der Waals surface area contributed by atoms with Crippen molar-refractivity contribution >= 4 is 5.97 Å². The van der Waals surface area contributed by atoms with Crippen molar-refractivity contribution in [2.75, 3.05) is 13.7 Å². The van der Waals surface area contributed by atoms with E-state index in [0.29, 0.717) is 6.42 Å². The molecule has 0 spiro atoms. The molecule has 0 aromatic carbocycles. The summed E-state index contributed by atoms with van der Waals surface area (Å²) >= 11 is 0.